The van der Waals surface area contributed by atoms with Gasteiger partial charge in [-0.3, -0.25) is 0 Å². The number of hydrogen-bond acceptors (Lipinski definition) is 2. The third kappa shape index (κ3) is 4.24. The van der Waals surface area contributed by atoms with Gasteiger partial charge in [-0.1, -0.05) is 0 Å². The van der Waals surface area contributed by atoms with E-state index in [0.29, 0.717) is 25.1 Å². The average molecular weight is 229 g/mol. The molecule has 0 saturated carbocycles. The minimum Gasteiger partial charge on any atom is -0.393 e. The van der Waals surface area contributed by atoms with Crippen molar-refractivity contribution in [2.45, 2.75) is 26.0 Å². The Morgan fingerprint density at radius 2 is 2.06 bits per heavy atom. The lowest BCUT2D eigenvalue weighted by molar-refractivity contribution is 0.162. The van der Waals surface area contributed by atoms with Crippen molar-refractivity contribution < 1.29 is 13.9 Å². The number of aliphatic hydroxyl groups is 1. The van der Waals surface area contributed by atoms with Gasteiger partial charge < -0.3 is 10.0 Å². The highest BCUT2D eigenvalue weighted by Gasteiger charge is 2.07. The van der Waals surface area contributed by atoms with Crippen LogP contribution in [0.15, 0.2) is 18.2 Å². The Morgan fingerprint density at radius 3 is 2.69 bits per heavy atom. The van der Waals surface area contributed by atoms with Crippen molar-refractivity contribution in [3.8, 4) is 0 Å². The van der Waals surface area contributed by atoms with E-state index in [1.165, 1.54) is 6.07 Å². The quantitative estimate of drug-likeness (QED) is 0.836. The molecule has 1 rings (SSSR count). The number of rotatable bonds is 5. The third-order valence-electron chi connectivity index (χ3n) is 2.38. The first-order valence-electron chi connectivity index (χ1n) is 5.29. The predicted octanol–water partition coefficient (Wildman–Crippen LogP) is 2.17. The zero-order valence-corrected chi connectivity index (χ0v) is 9.58. The third-order valence-corrected chi connectivity index (χ3v) is 2.38. The minimum absolute atomic E-state index is 0.341. The van der Waals surface area contributed by atoms with Crippen LogP contribution in [0.1, 0.15) is 18.9 Å². The molecule has 1 aromatic carbocycles. The molecule has 1 N–H and O–H groups in total. The van der Waals surface area contributed by atoms with Crippen molar-refractivity contribution >= 4 is 0 Å². The Kier molecular flexibility index (Phi) is 4.83. The van der Waals surface area contributed by atoms with Gasteiger partial charge in [0.1, 0.15) is 11.6 Å². The van der Waals surface area contributed by atoms with Crippen LogP contribution in [0.4, 0.5) is 8.78 Å². The fraction of sp³-hybridized carbons (Fsp3) is 0.500. The molecule has 2 nitrogen and oxygen atoms in total. The van der Waals surface area contributed by atoms with Crippen LogP contribution in [-0.2, 0) is 6.54 Å². The van der Waals surface area contributed by atoms with Crippen LogP contribution in [0, 0.1) is 11.6 Å². The number of hydrogen-bond donors (Lipinski definition) is 1. The maximum Gasteiger partial charge on any atom is 0.127 e. The summed E-state index contributed by atoms with van der Waals surface area (Å²) in [4.78, 5) is 1.85. The topological polar surface area (TPSA) is 23.5 Å². The largest absolute Gasteiger partial charge is 0.393 e. The van der Waals surface area contributed by atoms with Gasteiger partial charge in [0.05, 0.1) is 6.10 Å². The number of halogens is 2. The molecule has 0 bridgehead atoms. The molecule has 4 heteroatoms. The number of aliphatic hydroxyl groups excluding tert-OH is 1. The van der Waals surface area contributed by atoms with Gasteiger partial charge in [0.15, 0.2) is 0 Å². The monoisotopic (exact) mass is 229 g/mol. The molecule has 0 radical (unpaired) electrons. The molecule has 0 amide bonds. The molecule has 0 fully saturated rings. The lowest BCUT2D eigenvalue weighted by atomic mass is 10.2. The van der Waals surface area contributed by atoms with Gasteiger partial charge in [0.25, 0.3) is 0 Å². The molecule has 16 heavy (non-hydrogen) atoms. The first-order chi connectivity index (χ1) is 7.49. The second kappa shape index (κ2) is 5.92. The first-order valence-corrected chi connectivity index (χ1v) is 5.29. The highest BCUT2D eigenvalue weighted by molar-refractivity contribution is 5.18. The van der Waals surface area contributed by atoms with Crippen LogP contribution in [0.25, 0.3) is 0 Å². The predicted molar refractivity (Wildman–Crippen MR) is 59.0 cm³/mol. The van der Waals surface area contributed by atoms with Crippen molar-refractivity contribution in [2.24, 2.45) is 0 Å². The van der Waals surface area contributed by atoms with Crippen LogP contribution in [0.5, 0.6) is 0 Å². The molecule has 0 spiro atoms. The molecule has 1 atom stereocenters. The van der Waals surface area contributed by atoms with Crippen molar-refractivity contribution in [2.75, 3.05) is 13.6 Å². The van der Waals surface area contributed by atoms with E-state index in [-0.39, 0.29) is 6.10 Å². The van der Waals surface area contributed by atoms with Crippen molar-refractivity contribution in [3.63, 3.8) is 0 Å². The lowest BCUT2D eigenvalue weighted by Gasteiger charge is -2.17. The van der Waals surface area contributed by atoms with E-state index in [1.54, 1.807) is 6.92 Å². The van der Waals surface area contributed by atoms with Gasteiger partial charge >= 0.3 is 0 Å². The van der Waals surface area contributed by atoms with Crippen LogP contribution >= 0.6 is 0 Å². The Balaban J connectivity index is 2.55. The maximum atomic E-state index is 13.3. The summed E-state index contributed by atoms with van der Waals surface area (Å²) < 4.78 is 26.2. The summed E-state index contributed by atoms with van der Waals surface area (Å²) in [5, 5.41) is 9.11. The molecule has 0 aliphatic carbocycles. The van der Waals surface area contributed by atoms with Crippen LogP contribution in [-0.4, -0.2) is 29.7 Å². The Hall–Kier alpha value is -1.00. The van der Waals surface area contributed by atoms with Crippen molar-refractivity contribution in [3.05, 3.63) is 35.4 Å². The van der Waals surface area contributed by atoms with Gasteiger partial charge in [-0.2, -0.15) is 0 Å². The standard InChI is InChI=1S/C12H17F2NO/c1-9(16)5-6-15(2)8-10-7-11(13)3-4-12(10)14/h3-4,7,9,16H,5-6,8H2,1-2H3. The van der Waals surface area contributed by atoms with E-state index in [4.69, 9.17) is 5.11 Å². The average Bonchev–Trinajstić information content (AvgIpc) is 2.20. The molecule has 1 aromatic rings. The lowest BCUT2D eigenvalue weighted by Crippen LogP contribution is -2.22. The Labute approximate surface area is 94.5 Å². The van der Waals surface area contributed by atoms with Gasteiger partial charge in [0, 0.05) is 18.7 Å². The van der Waals surface area contributed by atoms with Crippen molar-refractivity contribution in [1.29, 1.82) is 0 Å². The van der Waals surface area contributed by atoms with Gasteiger partial charge in [-0.05, 0) is 38.6 Å². The normalized spacial score (nSPS) is 13.1. The van der Waals surface area contributed by atoms with Crippen molar-refractivity contribution in [1.82, 2.24) is 4.90 Å². The molecule has 0 aliphatic heterocycles. The maximum absolute atomic E-state index is 13.3. The molecular formula is C12H17F2NO. The fourth-order valence-electron chi connectivity index (χ4n) is 1.44. The van der Waals surface area contributed by atoms with E-state index in [0.717, 1.165) is 12.1 Å². The van der Waals surface area contributed by atoms with E-state index in [9.17, 15) is 8.78 Å². The molecule has 0 heterocycles. The minimum atomic E-state index is -0.430. The van der Waals surface area contributed by atoms with E-state index in [1.807, 2.05) is 11.9 Å². The molecular weight excluding hydrogens is 212 g/mol. The first kappa shape index (κ1) is 13.1. The Bertz CT molecular complexity index is 342. The van der Waals surface area contributed by atoms with Gasteiger partial charge in [-0.25, -0.2) is 8.78 Å². The highest BCUT2D eigenvalue weighted by atomic mass is 19.1. The summed E-state index contributed by atoms with van der Waals surface area (Å²) in [7, 11) is 1.81. The van der Waals surface area contributed by atoms with Crippen LogP contribution in [0.3, 0.4) is 0 Å². The van der Waals surface area contributed by atoms with Gasteiger partial charge in [-0.15, -0.1) is 0 Å². The summed E-state index contributed by atoms with van der Waals surface area (Å²) in [5.41, 5.74) is 0.341. The summed E-state index contributed by atoms with van der Waals surface area (Å²) in [6, 6.07) is 3.44. The molecule has 0 aliphatic rings. The summed E-state index contributed by atoms with van der Waals surface area (Å²) in [6.45, 7) is 2.69. The number of benzene rings is 1. The van der Waals surface area contributed by atoms with Gasteiger partial charge in [0.2, 0.25) is 0 Å². The van der Waals surface area contributed by atoms with E-state index in [2.05, 4.69) is 0 Å². The second-order valence-corrected chi connectivity index (χ2v) is 4.11. The zero-order chi connectivity index (χ0) is 12.1. The molecule has 0 aromatic heterocycles. The molecule has 90 valence electrons. The SMILES string of the molecule is CC(O)CCN(C)Cc1cc(F)ccc1F. The van der Waals surface area contributed by atoms with E-state index >= 15 is 0 Å². The molecule has 0 saturated heterocycles. The Morgan fingerprint density at radius 1 is 1.38 bits per heavy atom. The molecule has 1 unspecified atom stereocenters. The van der Waals surface area contributed by atoms with Crippen LogP contribution in [0.2, 0.25) is 0 Å². The summed E-state index contributed by atoms with van der Waals surface area (Å²) in [5.74, 6) is -0.828. The second-order valence-electron chi connectivity index (χ2n) is 4.11. The highest BCUT2D eigenvalue weighted by Crippen LogP contribution is 2.11. The summed E-state index contributed by atoms with van der Waals surface area (Å²) >= 11 is 0. The zero-order valence-electron chi connectivity index (χ0n) is 9.58. The summed E-state index contributed by atoms with van der Waals surface area (Å²) in [6.07, 6.45) is 0.243. The van der Waals surface area contributed by atoms with E-state index < -0.39 is 11.6 Å². The van der Waals surface area contributed by atoms with Crippen LogP contribution < -0.4 is 0 Å². The fourth-order valence-corrected chi connectivity index (χ4v) is 1.44. The smallest absolute Gasteiger partial charge is 0.127 e. The number of nitrogens with zero attached hydrogens (tertiary/aromatic N) is 1.